The van der Waals surface area contributed by atoms with Crippen LogP contribution in [0.4, 0.5) is 0 Å². The SMILES string of the molecule is COCc1cccc(C(=O)N2CCOCC2C(=O)O)c1. The molecular formula is C14H17NO5. The van der Waals surface area contributed by atoms with Gasteiger partial charge in [-0.2, -0.15) is 0 Å². The minimum absolute atomic E-state index is 0.0266. The summed E-state index contributed by atoms with van der Waals surface area (Å²) in [4.78, 5) is 25.0. The van der Waals surface area contributed by atoms with Crippen molar-refractivity contribution in [2.45, 2.75) is 12.6 Å². The van der Waals surface area contributed by atoms with Gasteiger partial charge in [-0.3, -0.25) is 4.79 Å². The molecule has 0 aromatic heterocycles. The average molecular weight is 279 g/mol. The summed E-state index contributed by atoms with van der Waals surface area (Å²) in [6, 6.07) is 6.09. The smallest absolute Gasteiger partial charge is 0.328 e. The second-order valence-corrected chi connectivity index (χ2v) is 4.56. The molecule has 6 nitrogen and oxygen atoms in total. The van der Waals surface area contributed by atoms with E-state index >= 15 is 0 Å². The Morgan fingerprint density at radius 1 is 1.50 bits per heavy atom. The molecule has 1 N–H and O–H groups in total. The van der Waals surface area contributed by atoms with E-state index in [9.17, 15) is 9.59 Å². The van der Waals surface area contributed by atoms with E-state index in [0.29, 0.717) is 18.8 Å². The molecule has 2 rings (SSSR count). The van der Waals surface area contributed by atoms with Crippen LogP contribution in [0.3, 0.4) is 0 Å². The van der Waals surface area contributed by atoms with E-state index < -0.39 is 12.0 Å². The predicted molar refractivity (Wildman–Crippen MR) is 70.4 cm³/mol. The van der Waals surface area contributed by atoms with Gasteiger partial charge in [-0.25, -0.2) is 4.79 Å². The van der Waals surface area contributed by atoms with E-state index in [1.54, 1.807) is 25.3 Å². The van der Waals surface area contributed by atoms with Crippen molar-refractivity contribution in [1.29, 1.82) is 0 Å². The Balaban J connectivity index is 2.20. The van der Waals surface area contributed by atoms with Gasteiger partial charge in [-0.05, 0) is 17.7 Å². The number of hydrogen-bond acceptors (Lipinski definition) is 4. The highest BCUT2D eigenvalue weighted by Crippen LogP contribution is 2.14. The lowest BCUT2D eigenvalue weighted by Crippen LogP contribution is -2.52. The van der Waals surface area contributed by atoms with Crippen LogP contribution < -0.4 is 0 Å². The van der Waals surface area contributed by atoms with Gasteiger partial charge in [0.1, 0.15) is 0 Å². The van der Waals surface area contributed by atoms with Crippen LogP contribution >= 0.6 is 0 Å². The van der Waals surface area contributed by atoms with Gasteiger partial charge in [0.15, 0.2) is 6.04 Å². The number of hydrogen-bond donors (Lipinski definition) is 1. The van der Waals surface area contributed by atoms with Crippen molar-refractivity contribution in [2.75, 3.05) is 26.9 Å². The van der Waals surface area contributed by atoms with Crippen molar-refractivity contribution in [3.05, 3.63) is 35.4 Å². The van der Waals surface area contributed by atoms with Crippen molar-refractivity contribution in [3.63, 3.8) is 0 Å². The fourth-order valence-electron chi connectivity index (χ4n) is 2.18. The van der Waals surface area contributed by atoms with Crippen LogP contribution in [0.1, 0.15) is 15.9 Å². The molecule has 1 atom stereocenters. The van der Waals surface area contributed by atoms with E-state index in [0.717, 1.165) is 5.56 Å². The summed E-state index contributed by atoms with van der Waals surface area (Å²) in [5.41, 5.74) is 1.34. The van der Waals surface area contributed by atoms with E-state index in [1.165, 1.54) is 4.90 Å². The summed E-state index contributed by atoms with van der Waals surface area (Å²) in [7, 11) is 1.58. The highest BCUT2D eigenvalue weighted by atomic mass is 16.5. The van der Waals surface area contributed by atoms with E-state index in [2.05, 4.69) is 0 Å². The first kappa shape index (κ1) is 14.5. The van der Waals surface area contributed by atoms with Crippen molar-refractivity contribution < 1.29 is 24.2 Å². The minimum Gasteiger partial charge on any atom is -0.480 e. The molecule has 1 amide bonds. The summed E-state index contributed by atoms with van der Waals surface area (Å²) in [6.07, 6.45) is 0. The number of morpholine rings is 1. The quantitative estimate of drug-likeness (QED) is 0.880. The maximum Gasteiger partial charge on any atom is 0.328 e. The second-order valence-electron chi connectivity index (χ2n) is 4.56. The van der Waals surface area contributed by atoms with Crippen molar-refractivity contribution in [3.8, 4) is 0 Å². The van der Waals surface area contributed by atoms with Gasteiger partial charge in [-0.1, -0.05) is 12.1 Å². The van der Waals surface area contributed by atoms with E-state index in [4.69, 9.17) is 14.6 Å². The molecule has 0 radical (unpaired) electrons. The lowest BCUT2D eigenvalue weighted by atomic mass is 10.1. The van der Waals surface area contributed by atoms with Gasteiger partial charge in [0.05, 0.1) is 19.8 Å². The number of carbonyl (C=O) groups excluding carboxylic acids is 1. The Morgan fingerprint density at radius 2 is 2.30 bits per heavy atom. The highest BCUT2D eigenvalue weighted by molar-refractivity contribution is 5.96. The zero-order valence-corrected chi connectivity index (χ0v) is 11.2. The lowest BCUT2D eigenvalue weighted by molar-refractivity contribution is -0.147. The van der Waals surface area contributed by atoms with Gasteiger partial charge in [0.25, 0.3) is 5.91 Å². The topological polar surface area (TPSA) is 76.1 Å². The van der Waals surface area contributed by atoms with Crippen LogP contribution in [0, 0.1) is 0 Å². The number of benzene rings is 1. The largest absolute Gasteiger partial charge is 0.480 e. The van der Waals surface area contributed by atoms with Crippen LogP contribution in [0.25, 0.3) is 0 Å². The number of aliphatic carboxylic acids is 1. The highest BCUT2D eigenvalue weighted by Gasteiger charge is 2.33. The molecule has 1 saturated heterocycles. The van der Waals surface area contributed by atoms with Gasteiger partial charge in [0, 0.05) is 19.2 Å². The first-order valence-corrected chi connectivity index (χ1v) is 6.33. The molecule has 0 spiro atoms. The molecule has 1 aromatic rings. The molecule has 1 aromatic carbocycles. The van der Waals surface area contributed by atoms with Crippen molar-refractivity contribution in [2.24, 2.45) is 0 Å². The summed E-state index contributed by atoms with van der Waals surface area (Å²) in [5, 5.41) is 9.15. The van der Waals surface area contributed by atoms with Crippen molar-refractivity contribution >= 4 is 11.9 Å². The number of nitrogens with zero attached hydrogens (tertiary/aromatic N) is 1. The number of methoxy groups -OCH3 is 1. The maximum absolute atomic E-state index is 12.4. The van der Waals surface area contributed by atoms with Crippen LogP contribution in [-0.4, -0.2) is 54.8 Å². The van der Waals surface area contributed by atoms with Gasteiger partial charge >= 0.3 is 5.97 Å². The summed E-state index contributed by atoms with van der Waals surface area (Å²) in [6.45, 7) is 1.07. The number of carboxylic acid groups (broad SMARTS) is 1. The van der Waals surface area contributed by atoms with Gasteiger partial charge in [-0.15, -0.1) is 0 Å². The Labute approximate surface area is 116 Å². The summed E-state index contributed by atoms with van der Waals surface area (Å²) in [5.74, 6) is -1.34. The lowest BCUT2D eigenvalue weighted by Gasteiger charge is -2.32. The minimum atomic E-state index is -1.05. The molecule has 1 unspecified atom stereocenters. The molecule has 1 heterocycles. The third-order valence-corrected chi connectivity index (χ3v) is 3.16. The Kier molecular flexibility index (Phi) is 4.70. The third-order valence-electron chi connectivity index (χ3n) is 3.16. The standard InChI is InChI=1S/C14H17NO5/c1-19-8-10-3-2-4-11(7-10)13(16)15-5-6-20-9-12(15)14(17)18/h2-4,7,12H,5-6,8-9H2,1H3,(H,17,18). The zero-order chi connectivity index (χ0) is 14.5. The number of ether oxygens (including phenoxy) is 2. The van der Waals surface area contributed by atoms with Crippen LogP contribution in [0.5, 0.6) is 0 Å². The zero-order valence-electron chi connectivity index (χ0n) is 11.2. The summed E-state index contributed by atoms with van der Waals surface area (Å²) < 4.78 is 10.2. The number of carbonyl (C=O) groups is 2. The second kappa shape index (κ2) is 6.49. The van der Waals surface area contributed by atoms with Crippen LogP contribution in [0.2, 0.25) is 0 Å². The first-order valence-electron chi connectivity index (χ1n) is 6.33. The molecule has 0 bridgehead atoms. The van der Waals surface area contributed by atoms with Crippen LogP contribution in [0.15, 0.2) is 24.3 Å². The Hall–Kier alpha value is -1.92. The third kappa shape index (κ3) is 3.15. The Bertz CT molecular complexity index is 502. The molecule has 1 aliphatic heterocycles. The average Bonchev–Trinajstić information content (AvgIpc) is 2.47. The van der Waals surface area contributed by atoms with Gasteiger partial charge in [0.2, 0.25) is 0 Å². The fraction of sp³-hybridized carbons (Fsp3) is 0.429. The maximum atomic E-state index is 12.4. The normalized spacial score (nSPS) is 18.9. The molecular weight excluding hydrogens is 262 g/mol. The Morgan fingerprint density at radius 3 is 3.00 bits per heavy atom. The monoisotopic (exact) mass is 279 g/mol. The number of carboxylic acids is 1. The number of amides is 1. The molecule has 108 valence electrons. The molecule has 1 fully saturated rings. The molecule has 0 saturated carbocycles. The van der Waals surface area contributed by atoms with Crippen LogP contribution in [-0.2, 0) is 20.9 Å². The molecule has 0 aliphatic carbocycles. The first-order chi connectivity index (χ1) is 9.63. The molecule has 1 aliphatic rings. The fourth-order valence-corrected chi connectivity index (χ4v) is 2.18. The van der Waals surface area contributed by atoms with Gasteiger partial charge < -0.3 is 19.5 Å². The number of rotatable bonds is 4. The van der Waals surface area contributed by atoms with Crippen molar-refractivity contribution in [1.82, 2.24) is 4.90 Å². The molecule has 20 heavy (non-hydrogen) atoms. The summed E-state index contributed by atoms with van der Waals surface area (Å²) >= 11 is 0. The van der Waals surface area contributed by atoms with E-state index in [-0.39, 0.29) is 19.1 Å². The molecule has 6 heteroatoms. The van der Waals surface area contributed by atoms with E-state index in [1.807, 2.05) is 6.07 Å². The predicted octanol–water partition coefficient (Wildman–Crippen LogP) is 0.759.